The minimum Gasteiger partial charge on any atom is -0.461 e. The Morgan fingerprint density at radius 3 is 2.65 bits per heavy atom. The maximum atomic E-state index is 6.24. The molecule has 0 unspecified atom stereocenters. The molecule has 0 amide bonds. The molecule has 102 valence electrons. The fraction of sp³-hybridized carbons (Fsp3) is 0.176. The summed E-state index contributed by atoms with van der Waals surface area (Å²) in [6.45, 7) is 4.75. The molecule has 2 nitrogen and oxygen atoms in total. The van der Waals surface area contributed by atoms with Gasteiger partial charge >= 0.3 is 0 Å². The summed E-state index contributed by atoms with van der Waals surface area (Å²) in [6.07, 6.45) is 0. The van der Waals surface area contributed by atoms with Crippen LogP contribution in [-0.2, 0) is 6.54 Å². The number of aryl methyl sites for hydroxylation is 2. The Morgan fingerprint density at radius 1 is 1.05 bits per heavy atom. The molecule has 3 heteroatoms. The van der Waals surface area contributed by atoms with Gasteiger partial charge in [-0.1, -0.05) is 41.9 Å². The number of furan rings is 1. The van der Waals surface area contributed by atoms with Crippen molar-refractivity contribution < 1.29 is 4.42 Å². The molecule has 0 saturated heterocycles. The van der Waals surface area contributed by atoms with Gasteiger partial charge in [-0.3, -0.25) is 0 Å². The van der Waals surface area contributed by atoms with Gasteiger partial charge in [-0.25, -0.2) is 0 Å². The van der Waals surface area contributed by atoms with Crippen LogP contribution in [0.2, 0.25) is 5.02 Å². The Kier molecular flexibility index (Phi) is 3.41. The molecule has 0 saturated carbocycles. The highest BCUT2D eigenvalue weighted by Crippen LogP contribution is 2.29. The number of hydrogen-bond donors (Lipinski definition) is 1. The molecular formula is C17H16ClNO. The number of para-hydroxylation sites is 2. The molecule has 20 heavy (non-hydrogen) atoms. The Bertz CT molecular complexity index is 741. The van der Waals surface area contributed by atoms with Crippen LogP contribution in [-0.4, -0.2) is 0 Å². The molecule has 3 aromatic rings. The summed E-state index contributed by atoms with van der Waals surface area (Å²) in [6, 6.07) is 14.0. The average molecular weight is 286 g/mol. The molecule has 3 rings (SSSR count). The van der Waals surface area contributed by atoms with Gasteiger partial charge in [-0.15, -0.1) is 0 Å². The molecule has 1 N–H and O–H groups in total. The lowest BCUT2D eigenvalue weighted by atomic mass is 10.1. The van der Waals surface area contributed by atoms with Crippen LogP contribution in [0.15, 0.2) is 46.9 Å². The van der Waals surface area contributed by atoms with E-state index in [1.807, 2.05) is 37.3 Å². The van der Waals surface area contributed by atoms with Crippen molar-refractivity contribution in [3.63, 3.8) is 0 Å². The van der Waals surface area contributed by atoms with Gasteiger partial charge in [0.15, 0.2) is 0 Å². The zero-order valence-electron chi connectivity index (χ0n) is 11.5. The third kappa shape index (κ3) is 2.27. The molecule has 0 radical (unpaired) electrons. The first-order valence-electron chi connectivity index (χ1n) is 6.63. The van der Waals surface area contributed by atoms with Crippen molar-refractivity contribution in [2.24, 2.45) is 0 Å². The monoisotopic (exact) mass is 285 g/mol. The number of nitrogens with one attached hydrogen (secondary N) is 1. The van der Waals surface area contributed by atoms with Gasteiger partial charge in [0.1, 0.15) is 11.3 Å². The molecular weight excluding hydrogens is 270 g/mol. The summed E-state index contributed by atoms with van der Waals surface area (Å²) in [5, 5.41) is 5.33. The minimum atomic E-state index is 0.702. The van der Waals surface area contributed by atoms with Crippen LogP contribution in [0.4, 0.5) is 5.69 Å². The highest BCUT2D eigenvalue weighted by Gasteiger charge is 2.11. The smallest absolute Gasteiger partial charge is 0.134 e. The molecule has 1 heterocycles. The lowest BCUT2D eigenvalue weighted by Gasteiger charge is -2.11. The molecule has 0 atom stereocenters. The predicted molar refractivity (Wildman–Crippen MR) is 84.5 cm³/mol. The number of rotatable bonds is 3. The van der Waals surface area contributed by atoms with Crippen LogP contribution in [0, 0.1) is 13.8 Å². The van der Waals surface area contributed by atoms with Crippen LogP contribution < -0.4 is 5.32 Å². The van der Waals surface area contributed by atoms with E-state index in [1.165, 1.54) is 5.56 Å². The lowest BCUT2D eigenvalue weighted by Crippen LogP contribution is -2.02. The van der Waals surface area contributed by atoms with E-state index in [4.69, 9.17) is 16.0 Å². The van der Waals surface area contributed by atoms with E-state index in [1.54, 1.807) is 0 Å². The normalized spacial score (nSPS) is 10.9. The van der Waals surface area contributed by atoms with Crippen molar-refractivity contribution in [1.82, 2.24) is 0 Å². The van der Waals surface area contributed by atoms with E-state index in [0.29, 0.717) is 6.54 Å². The maximum Gasteiger partial charge on any atom is 0.134 e. The average Bonchev–Trinajstić information content (AvgIpc) is 2.74. The Morgan fingerprint density at radius 2 is 1.85 bits per heavy atom. The fourth-order valence-corrected chi connectivity index (χ4v) is 2.76. The summed E-state index contributed by atoms with van der Waals surface area (Å²) in [7, 11) is 0. The van der Waals surface area contributed by atoms with Gasteiger partial charge in [-0.05, 0) is 31.5 Å². The summed E-state index contributed by atoms with van der Waals surface area (Å²) in [4.78, 5) is 0. The van der Waals surface area contributed by atoms with Crippen molar-refractivity contribution in [2.75, 3.05) is 5.32 Å². The van der Waals surface area contributed by atoms with Crippen molar-refractivity contribution in [2.45, 2.75) is 20.4 Å². The zero-order valence-corrected chi connectivity index (χ0v) is 12.3. The Labute approximate surface area is 123 Å². The van der Waals surface area contributed by atoms with Crippen molar-refractivity contribution in [3.05, 3.63) is 64.4 Å². The second-order valence-corrected chi connectivity index (χ2v) is 5.33. The summed E-state index contributed by atoms with van der Waals surface area (Å²) >= 11 is 6.24. The van der Waals surface area contributed by atoms with Crippen molar-refractivity contribution in [1.29, 1.82) is 0 Å². The largest absolute Gasteiger partial charge is 0.461 e. The summed E-state index contributed by atoms with van der Waals surface area (Å²) < 4.78 is 5.77. The number of anilines is 1. The van der Waals surface area contributed by atoms with Crippen molar-refractivity contribution in [3.8, 4) is 0 Å². The first-order valence-corrected chi connectivity index (χ1v) is 7.00. The van der Waals surface area contributed by atoms with Crippen molar-refractivity contribution >= 4 is 28.3 Å². The lowest BCUT2D eigenvalue weighted by molar-refractivity contribution is 0.573. The van der Waals surface area contributed by atoms with Crippen LogP contribution in [0.3, 0.4) is 0 Å². The van der Waals surface area contributed by atoms with Gasteiger partial charge in [0, 0.05) is 17.5 Å². The number of halogens is 1. The minimum absolute atomic E-state index is 0.702. The van der Waals surface area contributed by atoms with E-state index < -0.39 is 0 Å². The first-order chi connectivity index (χ1) is 9.66. The fourth-order valence-electron chi connectivity index (χ4n) is 2.47. The molecule has 0 fully saturated rings. The molecule has 0 aliphatic heterocycles. The molecule has 0 bridgehead atoms. The van der Waals surface area contributed by atoms with E-state index in [2.05, 4.69) is 24.4 Å². The second-order valence-electron chi connectivity index (χ2n) is 4.92. The highest BCUT2D eigenvalue weighted by atomic mass is 35.5. The van der Waals surface area contributed by atoms with Gasteiger partial charge < -0.3 is 9.73 Å². The molecule has 1 aromatic heterocycles. The van der Waals surface area contributed by atoms with Gasteiger partial charge in [0.05, 0.1) is 10.7 Å². The molecule has 2 aromatic carbocycles. The molecule has 0 spiro atoms. The van der Waals surface area contributed by atoms with Crippen LogP contribution in [0.1, 0.15) is 16.9 Å². The van der Waals surface area contributed by atoms with Gasteiger partial charge in [-0.2, -0.15) is 0 Å². The quantitative estimate of drug-likeness (QED) is 0.705. The topological polar surface area (TPSA) is 25.2 Å². The SMILES string of the molecule is Cc1cccc(Cl)c1NCc1c(C)oc2ccccc12. The standard InChI is InChI=1S/C17H16ClNO/c1-11-6-5-8-15(18)17(11)19-10-14-12(2)20-16-9-4-3-7-13(14)16/h3-9,19H,10H2,1-2H3. The maximum absolute atomic E-state index is 6.24. The van der Waals surface area contributed by atoms with E-state index in [0.717, 1.165) is 33.0 Å². The van der Waals surface area contributed by atoms with Gasteiger partial charge in [0.25, 0.3) is 0 Å². The van der Waals surface area contributed by atoms with Crippen LogP contribution >= 0.6 is 11.6 Å². The van der Waals surface area contributed by atoms with E-state index >= 15 is 0 Å². The molecule has 0 aliphatic rings. The second kappa shape index (κ2) is 5.22. The Hall–Kier alpha value is -1.93. The number of hydrogen-bond acceptors (Lipinski definition) is 2. The first kappa shape index (κ1) is 13.1. The zero-order chi connectivity index (χ0) is 14.1. The van der Waals surface area contributed by atoms with Crippen LogP contribution in [0.25, 0.3) is 11.0 Å². The summed E-state index contributed by atoms with van der Waals surface area (Å²) in [5.74, 6) is 0.948. The predicted octanol–water partition coefficient (Wildman–Crippen LogP) is 5.32. The third-order valence-electron chi connectivity index (χ3n) is 3.56. The Balaban J connectivity index is 1.93. The molecule has 0 aliphatic carbocycles. The number of fused-ring (bicyclic) bond motifs is 1. The van der Waals surface area contributed by atoms with Crippen LogP contribution in [0.5, 0.6) is 0 Å². The van der Waals surface area contributed by atoms with E-state index in [9.17, 15) is 0 Å². The third-order valence-corrected chi connectivity index (χ3v) is 3.88. The van der Waals surface area contributed by atoms with Gasteiger partial charge in [0.2, 0.25) is 0 Å². The number of benzene rings is 2. The highest BCUT2D eigenvalue weighted by molar-refractivity contribution is 6.33. The van der Waals surface area contributed by atoms with E-state index in [-0.39, 0.29) is 0 Å². The summed E-state index contributed by atoms with van der Waals surface area (Å²) in [5.41, 5.74) is 4.24.